The van der Waals surface area contributed by atoms with Crippen LogP contribution < -0.4 is 0 Å². The van der Waals surface area contributed by atoms with Crippen LogP contribution in [0.25, 0.3) is 0 Å². The van der Waals surface area contributed by atoms with Gasteiger partial charge in [-0.1, -0.05) is 42.5 Å². The highest BCUT2D eigenvalue weighted by molar-refractivity contribution is 5.18. The van der Waals surface area contributed by atoms with Gasteiger partial charge < -0.3 is 0 Å². The molecule has 0 heteroatoms. The van der Waals surface area contributed by atoms with Crippen LogP contribution in [-0.2, 0) is 0 Å². The largest absolute Gasteiger partial charge is 0.103 e. The quantitative estimate of drug-likeness (QED) is 0.588. The maximum atomic E-state index is 3.98. The average Bonchev–Trinajstić information content (AvgIpc) is 2.28. The molecule has 2 aliphatic carbocycles. The van der Waals surface area contributed by atoms with Crippen molar-refractivity contribution in [2.75, 3.05) is 0 Å². The SMILES string of the molecule is C=CC1CC2C=CC=CC2CC1/C=C\C. The van der Waals surface area contributed by atoms with Gasteiger partial charge in [0.25, 0.3) is 0 Å². The van der Waals surface area contributed by atoms with Crippen LogP contribution in [0.15, 0.2) is 49.1 Å². The predicted octanol–water partition coefficient (Wildman–Crippen LogP) is 4.13. The maximum Gasteiger partial charge on any atom is -0.0161 e. The van der Waals surface area contributed by atoms with Crippen LogP contribution in [-0.4, -0.2) is 0 Å². The molecule has 15 heavy (non-hydrogen) atoms. The summed E-state index contributed by atoms with van der Waals surface area (Å²) in [4.78, 5) is 0. The summed E-state index contributed by atoms with van der Waals surface area (Å²) in [6, 6.07) is 0. The van der Waals surface area contributed by atoms with E-state index in [-0.39, 0.29) is 0 Å². The van der Waals surface area contributed by atoms with Crippen molar-refractivity contribution in [2.24, 2.45) is 23.7 Å². The Labute approximate surface area is 93.1 Å². The average molecular weight is 200 g/mol. The van der Waals surface area contributed by atoms with Crippen molar-refractivity contribution in [3.8, 4) is 0 Å². The number of rotatable bonds is 2. The molecule has 0 aromatic carbocycles. The van der Waals surface area contributed by atoms with Crippen LogP contribution in [0, 0.1) is 23.7 Å². The molecule has 0 nitrogen and oxygen atoms in total. The summed E-state index contributed by atoms with van der Waals surface area (Å²) in [6.45, 7) is 6.09. The number of hydrogen-bond donors (Lipinski definition) is 0. The molecule has 0 aliphatic heterocycles. The summed E-state index contributed by atoms with van der Waals surface area (Å²) in [7, 11) is 0. The third-order valence-electron chi connectivity index (χ3n) is 3.76. The summed E-state index contributed by atoms with van der Waals surface area (Å²) in [5.74, 6) is 2.87. The van der Waals surface area contributed by atoms with E-state index in [1.165, 1.54) is 12.8 Å². The molecule has 0 N–H and O–H groups in total. The van der Waals surface area contributed by atoms with E-state index in [1.807, 2.05) is 0 Å². The van der Waals surface area contributed by atoms with Crippen LogP contribution in [0.5, 0.6) is 0 Å². The molecule has 2 rings (SSSR count). The van der Waals surface area contributed by atoms with E-state index in [9.17, 15) is 0 Å². The normalized spacial score (nSPS) is 39.3. The Morgan fingerprint density at radius 2 is 1.67 bits per heavy atom. The molecule has 0 aromatic rings. The van der Waals surface area contributed by atoms with Gasteiger partial charge in [0.1, 0.15) is 0 Å². The van der Waals surface area contributed by atoms with Crippen LogP contribution in [0.2, 0.25) is 0 Å². The topological polar surface area (TPSA) is 0 Å². The molecule has 0 saturated heterocycles. The highest BCUT2D eigenvalue weighted by Crippen LogP contribution is 2.41. The standard InChI is InChI=1S/C15H20/c1-3-7-13-11-15-9-6-5-8-14(15)10-12(13)4-2/h3-9,12-15H,2,10-11H2,1H3/b7-3-. The van der Waals surface area contributed by atoms with Crippen LogP contribution >= 0.6 is 0 Å². The Balaban J connectivity index is 2.13. The van der Waals surface area contributed by atoms with Gasteiger partial charge in [0.05, 0.1) is 0 Å². The zero-order valence-corrected chi connectivity index (χ0v) is 9.47. The van der Waals surface area contributed by atoms with Crippen LogP contribution in [0.4, 0.5) is 0 Å². The second-order valence-electron chi connectivity index (χ2n) is 4.66. The van der Waals surface area contributed by atoms with Gasteiger partial charge in [-0.25, -0.2) is 0 Å². The Kier molecular flexibility index (Phi) is 3.25. The second kappa shape index (κ2) is 4.65. The molecule has 0 aromatic heterocycles. The van der Waals surface area contributed by atoms with Gasteiger partial charge in [-0.3, -0.25) is 0 Å². The van der Waals surface area contributed by atoms with Crippen molar-refractivity contribution in [3.05, 3.63) is 49.1 Å². The number of allylic oxidation sites excluding steroid dienone is 7. The Morgan fingerprint density at radius 3 is 2.20 bits per heavy atom. The fourth-order valence-electron chi connectivity index (χ4n) is 2.92. The van der Waals surface area contributed by atoms with E-state index in [0.29, 0.717) is 11.8 Å². The highest BCUT2D eigenvalue weighted by Gasteiger charge is 2.32. The molecule has 80 valence electrons. The molecule has 1 saturated carbocycles. The smallest absolute Gasteiger partial charge is 0.0161 e. The van der Waals surface area contributed by atoms with Crippen molar-refractivity contribution < 1.29 is 0 Å². The summed E-state index contributed by atoms with van der Waals surface area (Å²) in [5, 5.41) is 0. The first-order chi connectivity index (χ1) is 7.35. The van der Waals surface area contributed by atoms with E-state index in [2.05, 4.69) is 56.0 Å². The molecule has 0 bridgehead atoms. The summed E-state index contributed by atoms with van der Waals surface area (Å²) >= 11 is 0. The molecule has 0 spiro atoms. The zero-order chi connectivity index (χ0) is 10.7. The molecular weight excluding hydrogens is 180 g/mol. The Hall–Kier alpha value is -1.04. The predicted molar refractivity (Wildman–Crippen MR) is 66.5 cm³/mol. The maximum absolute atomic E-state index is 3.98. The van der Waals surface area contributed by atoms with E-state index < -0.39 is 0 Å². The van der Waals surface area contributed by atoms with E-state index in [1.54, 1.807) is 0 Å². The van der Waals surface area contributed by atoms with Gasteiger partial charge in [-0.05, 0) is 43.4 Å². The van der Waals surface area contributed by atoms with Gasteiger partial charge in [0, 0.05) is 0 Å². The summed E-state index contributed by atoms with van der Waals surface area (Å²) in [5.41, 5.74) is 0. The van der Waals surface area contributed by atoms with E-state index in [4.69, 9.17) is 0 Å². The zero-order valence-electron chi connectivity index (χ0n) is 9.47. The van der Waals surface area contributed by atoms with E-state index >= 15 is 0 Å². The lowest BCUT2D eigenvalue weighted by Gasteiger charge is -2.38. The van der Waals surface area contributed by atoms with Crippen molar-refractivity contribution in [3.63, 3.8) is 0 Å². The van der Waals surface area contributed by atoms with Crippen molar-refractivity contribution >= 4 is 0 Å². The van der Waals surface area contributed by atoms with Gasteiger partial charge in [-0.2, -0.15) is 0 Å². The van der Waals surface area contributed by atoms with Crippen molar-refractivity contribution in [2.45, 2.75) is 19.8 Å². The molecular formula is C15H20. The summed E-state index contributed by atoms with van der Waals surface area (Å²) in [6.07, 6.45) is 18.4. The molecule has 0 heterocycles. The first-order valence-corrected chi connectivity index (χ1v) is 5.95. The molecule has 1 fully saturated rings. The first kappa shape index (κ1) is 10.5. The van der Waals surface area contributed by atoms with Crippen LogP contribution in [0.1, 0.15) is 19.8 Å². The first-order valence-electron chi connectivity index (χ1n) is 5.95. The lowest BCUT2D eigenvalue weighted by molar-refractivity contribution is 0.231. The monoisotopic (exact) mass is 200 g/mol. The Morgan fingerprint density at radius 1 is 1.07 bits per heavy atom. The van der Waals surface area contributed by atoms with Crippen molar-refractivity contribution in [1.29, 1.82) is 0 Å². The molecule has 0 radical (unpaired) electrons. The third kappa shape index (κ3) is 2.14. The van der Waals surface area contributed by atoms with Gasteiger partial charge in [0.2, 0.25) is 0 Å². The molecule has 0 amide bonds. The molecule has 4 atom stereocenters. The van der Waals surface area contributed by atoms with Crippen molar-refractivity contribution in [1.82, 2.24) is 0 Å². The minimum absolute atomic E-state index is 0.665. The van der Waals surface area contributed by atoms with Gasteiger partial charge in [0.15, 0.2) is 0 Å². The Bertz CT molecular complexity index is 306. The van der Waals surface area contributed by atoms with Gasteiger partial charge >= 0.3 is 0 Å². The van der Waals surface area contributed by atoms with Gasteiger partial charge in [-0.15, -0.1) is 6.58 Å². The molecule has 4 unspecified atom stereocenters. The lowest BCUT2D eigenvalue weighted by Crippen LogP contribution is -2.29. The van der Waals surface area contributed by atoms with E-state index in [0.717, 1.165) is 11.8 Å². The highest BCUT2D eigenvalue weighted by atomic mass is 14.4. The lowest BCUT2D eigenvalue weighted by atomic mass is 9.67. The number of hydrogen-bond acceptors (Lipinski definition) is 0. The second-order valence-corrected chi connectivity index (χ2v) is 4.66. The minimum Gasteiger partial charge on any atom is -0.103 e. The minimum atomic E-state index is 0.665. The fourth-order valence-corrected chi connectivity index (χ4v) is 2.92. The molecule has 2 aliphatic rings. The van der Waals surface area contributed by atoms with Crippen LogP contribution in [0.3, 0.4) is 0 Å². The number of fused-ring (bicyclic) bond motifs is 1. The summed E-state index contributed by atoms with van der Waals surface area (Å²) < 4.78 is 0. The third-order valence-corrected chi connectivity index (χ3v) is 3.76. The fraction of sp³-hybridized carbons (Fsp3) is 0.467.